The number of aromatic amines is 1. The van der Waals surface area contributed by atoms with E-state index in [2.05, 4.69) is 14.6 Å². The maximum Gasteiger partial charge on any atom is 0.349 e. The summed E-state index contributed by atoms with van der Waals surface area (Å²) >= 11 is 12.8. The van der Waals surface area contributed by atoms with Crippen LogP contribution in [0.2, 0.25) is 10.0 Å². The monoisotopic (exact) mass is 482 g/mol. The Bertz CT molecular complexity index is 1520. The lowest BCUT2D eigenvalue weighted by molar-refractivity contribution is 0.482. The van der Waals surface area contributed by atoms with Crippen molar-refractivity contribution in [2.24, 2.45) is 0 Å². The molecule has 1 N–H and O–H groups in total. The van der Waals surface area contributed by atoms with Gasteiger partial charge in [-0.2, -0.15) is 9.94 Å². The number of H-pyrrole nitrogens is 1. The van der Waals surface area contributed by atoms with Crippen LogP contribution in [0.1, 0.15) is 37.4 Å². The Morgan fingerprint density at radius 3 is 2.55 bits per heavy atom. The van der Waals surface area contributed by atoms with Gasteiger partial charge in [-0.15, -0.1) is 5.10 Å². The molecule has 0 atom stereocenters. The van der Waals surface area contributed by atoms with Crippen molar-refractivity contribution < 1.29 is 4.74 Å². The van der Waals surface area contributed by atoms with E-state index in [1.54, 1.807) is 12.1 Å². The van der Waals surface area contributed by atoms with Crippen molar-refractivity contribution in [3.8, 4) is 23.3 Å². The summed E-state index contributed by atoms with van der Waals surface area (Å²) in [7, 11) is 0. The van der Waals surface area contributed by atoms with E-state index in [1.165, 1.54) is 25.0 Å². The van der Waals surface area contributed by atoms with E-state index in [9.17, 15) is 9.59 Å². The number of aromatic nitrogens is 5. The van der Waals surface area contributed by atoms with Gasteiger partial charge in [0.1, 0.15) is 11.8 Å². The van der Waals surface area contributed by atoms with Crippen LogP contribution >= 0.6 is 23.2 Å². The zero-order chi connectivity index (χ0) is 23.1. The summed E-state index contributed by atoms with van der Waals surface area (Å²) in [5.74, 6) is 0.733. The second-order valence-electron chi connectivity index (χ2n) is 7.71. The van der Waals surface area contributed by atoms with Crippen LogP contribution in [-0.2, 0) is 0 Å². The third kappa shape index (κ3) is 3.88. The van der Waals surface area contributed by atoms with Gasteiger partial charge in [0, 0.05) is 12.1 Å². The van der Waals surface area contributed by atoms with E-state index in [-0.39, 0.29) is 21.5 Å². The molecule has 0 saturated heterocycles. The highest BCUT2D eigenvalue weighted by atomic mass is 35.5. The first-order chi connectivity index (χ1) is 15.9. The number of imidazole rings is 1. The first-order valence-electron chi connectivity index (χ1n) is 10.2. The molecule has 2 aromatic heterocycles. The maximum atomic E-state index is 12.2. The van der Waals surface area contributed by atoms with Gasteiger partial charge in [-0.25, -0.2) is 9.78 Å². The number of hydrogen-bond donors (Lipinski definition) is 1. The number of nitriles is 1. The summed E-state index contributed by atoms with van der Waals surface area (Å²) in [5, 5.41) is 13.0. The molecule has 0 amide bonds. The number of rotatable bonds is 4. The molecule has 0 spiro atoms. The van der Waals surface area contributed by atoms with Gasteiger partial charge < -0.3 is 9.30 Å². The van der Waals surface area contributed by atoms with E-state index in [4.69, 9.17) is 33.2 Å². The maximum absolute atomic E-state index is 12.2. The number of hydrogen-bond acceptors (Lipinski definition) is 6. The lowest BCUT2D eigenvalue weighted by Crippen LogP contribution is -2.33. The van der Waals surface area contributed by atoms with Crippen LogP contribution in [0.25, 0.3) is 16.7 Å². The molecule has 2 heterocycles. The molecule has 0 radical (unpaired) electrons. The molecule has 5 rings (SSSR count). The van der Waals surface area contributed by atoms with Crippen molar-refractivity contribution in [3.05, 3.63) is 73.2 Å². The van der Waals surface area contributed by atoms with Crippen molar-refractivity contribution in [1.82, 2.24) is 24.3 Å². The minimum atomic E-state index is -0.872. The summed E-state index contributed by atoms with van der Waals surface area (Å²) in [5.41, 5.74) is -0.150. The predicted octanol–water partition coefficient (Wildman–Crippen LogP) is 4.36. The van der Waals surface area contributed by atoms with Gasteiger partial charge in [0.2, 0.25) is 5.69 Å². The van der Waals surface area contributed by atoms with Crippen LogP contribution in [0.15, 0.2) is 46.2 Å². The first-order valence-corrected chi connectivity index (χ1v) is 11.0. The van der Waals surface area contributed by atoms with Gasteiger partial charge in [-0.3, -0.25) is 9.78 Å². The molecule has 1 aliphatic carbocycles. The quantitative estimate of drug-likeness (QED) is 0.461. The van der Waals surface area contributed by atoms with E-state index in [0.717, 1.165) is 28.6 Å². The van der Waals surface area contributed by atoms with Crippen LogP contribution < -0.4 is 16.0 Å². The minimum Gasteiger partial charge on any atom is -0.454 e. The third-order valence-corrected chi connectivity index (χ3v) is 6.21. The Morgan fingerprint density at radius 2 is 1.85 bits per heavy atom. The average molecular weight is 483 g/mol. The van der Waals surface area contributed by atoms with Crippen molar-refractivity contribution in [2.75, 3.05) is 0 Å². The number of halogens is 2. The molecule has 1 aliphatic rings. The fraction of sp³-hybridized carbons (Fsp3) is 0.227. The Hall–Kier alpha value is -3.61. The minimum absolute atomic E-state index is 0.125. The lowest BCUT2D eigenvalue weighted by Gasteiger charge is -2.14. The van der Waals surface area contributed by atoms with Crippen LogP contribution in [0.3, 0.4) is 0 Å². The first kappa shape index (κ1) is 21.2. The highest BCUT2D eigenvalue weighted by Gasteiger charge is 2.20. The van der Waals surface area contributed by atoms with Gasteiger partial charge in [0.05, 0.1) is 33.1 Å². The van der Waals surface area contributed by atoms with Crippen LogP contribution in [0.4, 0.5) is 0 Å². The Morgan fingerprint density at radius 1 is 1.12 bits per heavy atom. The summed E-state index contributed by atoms with van der Waals surface area (Å²) in [6, 6.07) is 10.4. The standard InChI is InChI=1S/C22H16Cl2N6O3/c23-15-7-13(30-22(32)27-21(31)18(10-25)28-30)8-16(24)20(15)33-14-5-6-17-19(9-14)29(11-26-17)12-3-1-2-4-12/h5-9,11-12H,1-4H2,(H,27,31,32). The zero-order valence-electron chi connectivity index (χ0n) is 17.1. The largest absolute Gasteiger partial charge is 0.454 e. The summed E-state index contributed by atoms with van der Waals surface area (Å²) in [6.45, 7) is 0. The fourth-order valence-electron chi connectivity index (χ4n) is 4.08. The van der Waals surface area contributed by atoms with Gasteiger partial charge in [0.25, 0.3) is 5.56 Å². The third-order valence-electron chi connectivity index (χ3n) is 5.65. The lowest BCUT2D eigenvalue weighted by atomic mass is 10.2. The van der Waals surface area contributed by atoms with E-state index in [0.29, 0.717) is 11.8 Å². The molecule has 1 saturated carbocycles. The number of ether oxygens (including phenoxy) is 1. The molecule has 166 valence electrons. The summed E-state index contributed by atoms with van der Waals surface area (Å²) in [4.78, 5) is 30.3. The predicted molar refractivity (Wildman–Crippen MR) is 123 cm³/mol. The van der Waals surface area contributed by atoms with Gasteiger partial charge in [-0.1, -0.05) is 36.0 Å². The molecule has 9 nitrogen and oxygen atoms in total. The van der Waals surface area contributed by atoms with E-state index < -0.39 is 16.9 Å². The Kier molecular flexibility index (Phi) is 5.40. The van der Waals surface area contributed by atoms with Gasteiger partial charge in [0.15, 0.2) is 5.75 Å². The number of nitrogens with zero attached hydrogens (tertiary/aromatic N) is 5. The molecule has 0 unspecified atom stereocenters. The zero-order valence-corrected chi connectivity index (χ0v) is 18.6. The van der Waals surface area contributed by atoms with Crippen molar-refractivity contribution in [2.45, 2.75) is 31.7 Å². The molecule has 0 bridgehead atoms. The Labute approximate surface area is 196 Å². The summed E-state index contributed by atoms with van der Waals surface area (Å²) < 4.78 is 9.02. The number of nitrogens with one attached hydrogen (secondary N) is 1. The normalized spacial score (nSPS) is 14.0. The molecule has 11 heteroatoms. The summed E-state index contributed by atoms with van der Waals surface area (Å²) in [6.07, 6.45) is 6.54. The number of benzene rings is 2. The smallest absolute Gasteiger partial charge is 0.349 e. The molecule has 2 aromatic carbocycles. The number of fused-ring (bicyclic) bond motifs is 1. The van der Waals surface area contributed by atoms with Crippen molar-refractivity contribution in [3.63, 3.8) is 0 Å². The van der Waals surface area contributed by atoms with Gasteiger partial charge in [-0.05, 0) is 37.1 Å². The SMILES string of the molecule is N#Cc1nn(-c2cc(Cl)c(Oc3ccc4ncn(C5CCCC5)c4c3)c(Cl)c2)c(=O)[nH]c1=O. The van der Waals surface area contributed by atoms with Gasteiger partial charge >= 0.3 is 5.69 Å². The second-order valence-corrected chi connectivity index (χ2v) is 8.53. The molecule has 33 heavy (non-hydrogen) atoms. The molecular weight excluding hydrogens is 467 g/mol. The van der Waals surface area contributed by atoms with Crippen molar-refractivity contribution in [1.29, 1.82) is 5.26 Å². The molecule has 1 fully saturated rings. The topological polar surface area (TPSA) is 119 Å². The Balaban J connectivity index is 1.51. The van der Waals surface area contributed by atoms with Crippen molar-refractivity contribution >= 4 is 34.2 Å². The second kappa shape index (κ2) is 8.39. The van der Waals surface area contributed by atoms with E-state index >= 15 is 0 Å². The van der Waals surface area contributed by atoms with Crippen LogP contribution in [-0.4, -0.2) is 24.3 Å². The molecule has 4 aromatic rings. The average Bonchev–Trinajstić information content (AvgIpc) is 3.45. The fourth-order valence-corrected chi connectivity index (χ4v) is 4.63. The van der Waals surface area contributed by atoms with E-state index in [1.807, 2.05) is 23.4 Å². The van der Waals surface area contributed by atoms with Crippen LogP contribution in [0, 0.1) is 11.3 Å². The highest BCUT2D eigenvalue weighted by Crippen LogP contribution is 2.39. The van der Waals surface area contributed by atoms with Crippen LogP contribution in [0.5, 0.6) is 11.5 Å². The molecular formula is C22H16Cl2N6O3. The molecule has 0 aliphatic heterocycles. The highest BCUT2D eigenvalue weighted by molar-refractivity contribution is 6.37.